The molecule has 0 bridgehead atoms. The predicted octanol–water partition coefficient (Wildman–Crippen LogP) is 1.94. The molecule has 6 heteroatoms. The van der Waals surface area contributed by atoms with Gasteiger partial charge in [-0.05, 0) is 18.2 Å². The minimum absolute atomic E-state index is 0.0850. The third-order valence-electron chi connectivity index (χ3n) is 2.01. The smallest absolute Gasteiger partial charge is 0.327 e. The van der Waals surface area contributed by atoms with Gasteiger partial charge in [-0.1, -0.05) is 17.7 Å². The Morgan fingerprint density at radius 1 is 1.50 bits per heavy atom. The summed E-state index contributed by atoms with van der Waals surface area (Å²) in [6.07, 6.45) is 4.93. The highest BCUT2D eigenvalue weighted by Crippen LogP contribution is 2.14. The van der Waals surface area contributed by atoms with Gasteiger partial charge in [0.15, 0.2) is 0 Å². The number of amides is 2. The lowest BCUT2D eigenvalue weighted by Gasteiger charge is -2.12. The van der Waals surface area contributed by atoms with Gasteiger partial charge in [-0.15, -0.1) is 12.3 Å². The van der Waals surface area contributed by atoms with E-state index in [1.807, 2.05) is 0 Å². The average Bonchev–Trinajstić information content (AvgIpc) is 2.28. The number of hydrogen-bond acceptors (Lipinski definition) is 2. The summed E-state index contributed by atoms with van der Waals surface area (Å²) in [5, 5.41) is 14.0. The number of nitrogens with one attached hydrogen (secondary N) is 2. The summed E-state index contributed by atoms with van der Waals surface area (Å²) in [4.78, 5) is 22.3. The first-order chi connectivity index (χ1) is 8.52. The Kier molecular flexibility index (Phi) is 5.03. The largest absolute Gasteiger partial charge is 0.480 e. The standard InChI is InChI=1S/C12H11ClN2O3/c1-2-4-10(11(16)17)15-12(18)14-9-6-3-5-8(13)7-9/h1,3,5-7,10H,4H2,(H,16,17)(H2,14,15,18). The quantitative estimate of drug-likeness (QED) is 0.729. The summed E-state index contributed by atoms with van der Waals surface area (Å²) in [5.41, 5.74) is 0.463. The van der Waals surface area contributed by atoms with E-state index < -0.39 is 18.0 Å². The number of urea groups is 1. The Balaban J connectivity index is 2.61. The first kappa shape index (κ1) is 13.9. The number of carboxylic acids is 1. The van der Waals surface area contributed by atoms with Crippen LogP contribution in [0.2, 0.25) is 5.02 Å². The maximum absolute atomic E-state index is 11.5. The molecule has 0 aliphatic rings. The fourth-order valence-corrected chi connectivity index (χ4v) is 1.40. The molecule has 94 valence electrons. The summed E-state index contributed by atoms with van der Waals surface area (Å²) in [6.45, 7) is 0. The highest BCUT2D eigenvalue weighted by Gasteiger charge is 2.18. The lowest BCUT2D eigenvalue weighted by Crippen LogP contribution is -2.42. The van der Waals surface area contributed by atoms with E-state index in [1.165, 1.54) is 6.07 Å². The molecule has 1 aromatic rings. The van der Waals surface area contributed by atoms with Crippen molar-refractivity contribution in [1.82, 2.24) is 5.32 Å². The van der Waals surface area contributed by atoms with Crippen LogP contribution in [0.25, 0.3) is 0 Å². The van der Waals surface area contributed by atoms with Crippen LogP contribution in [-0.2, 0) is 4.79 Å². The fourth-order valence-electron chi connectivity index (χ4n) is 1.21. The van der Waals surface area contributed by atoms with Gasteiger partial charge in [0.1, 0.15) is 6.04 Å². The van der Waals surface area contributed by atoms with Gasteiger partial charge in [-0.25, -0.2) is 9.59 Å². The molecular weight excluding hydrogens is 256 g/mol. The van der Waals surface area contributed by atoms with Gasteiger partial charge in [0.2, 0.25) is 0 Å². The van der Waals surface area contributed by atoms with Crippen LogP contribution in [0.15, 0.2) is 24.3 Å². The van der Waals surface area contributed by atoms with Gasteiger partial charge < -0.3 is 15.7 Å². The number of terminal acetylenes is 1. The van der Waals surface area contributed by atoms with Crippen LogP contribution in [0, 0.1) is 12.3 Å². The van der Waals surface area contributed by atoms with E-state index in [0.29, 0.717) is 10.7 Å². The summed E-state index contributed by atoms with van der Waals surface area (Å²) in [5.74, 6) is 0.997. The zero-order valence-electron chi connectivity index (χ0n) is 9.31. The van der Waals surface area contributed by atoms with Crippen molar-refractivity contribution >= 4 is 29.3 Å². The van der Waals surface area contributed by atoms with Gasteiger partial charge in [0.05, 0.1) is 0 Å². The molecule has 0 aliphatic carbocycles. The zero-order valence-corrected chi connectivity index (χ0v) is 10.1. The molecule has 1 atom stereocenters. The van der Waals surface area contributed by atoms with Crippen LogP contribution < -0.4 is 10.6 Å². The SMILES string of the molecule is C#CCC(NC(=O)Nc1cccc(Cl)c1)C(=O)O. The van der Waals surface area contributed by atoms with Crippen LogP contribution in [0.4, 0.5) is 10.5 Å². The number of rotatable bonds is 4. The number of hydrogen-bond donors (Lipinski definition) is 3. The first-order valence-electron chi connectivity index (χ1n) is 5.02. The molecule has 1 aromatic carbocycles. The zero-order chi connectivity index (χ0) is 13.5. The van der Waals surface area contributed by atoms with Crippen molar-refractivity contribution in [3.63, 3.8) is 0 Å². The van der Waals surface area contributed by atoms with E-state index in [1.54, 1.807) is 18.2 Å². The van der Waals surface area contributed by atoms with E-state index in [9.17, 15) is 9.59 Å². The van der Waals surface area contributed by atoms with Crippen LogP contribution in [0.3, 0.4) is 0 Å². The third kappa shape index (κ3) is 4.36. The Morgan fingerprint density at radius 2 is 2.22 bits per heavy atom. The van der Waals surface area contributed by atoms with Crippen molar-refractivity contribution in [1.29, 1.82) is 0 Å². The summed E-state index contributed by atoms with van der Waals surface area (Å²) in [7, 11) is 0. The number of carboxylic acid groups (broad SMARTS) is 1. The Hall–Kier alpha value is -2.19. The normalized spacial score (nSPS) is 11.1. The molecule has 18 heavy (non-hydrogen) atoms. The van der Waals surface area contributed by atoms with Gasteiger partial charge >= 0.3 is 12.0 Å². The lowest BCUT2D eigenvalue weighted by atomic mass is 10.2. The van der Waals surface area contributed by atoms with Crippen LogP contribution >= 0.6 is 11.6 Å². The lowest BCUT2D eigenvalue weighted by molar-refractivity contribution is -0.139. The second kappa shape index (κ2) is 6.52. The van der Waals surface area contributed by atoms with Crippen molar-refractivity contribution in [3.8, 4) is 12.3 Å². The van der Waals surface area contributed by atoms with E-state index in [-0.39, 0.29) is 6.42 Å². The maximum atomic E-state index is 11.5. The van der Waals surface area contributed by atoms with Crippen molar-refractivity contribution in [3.05, 3.63) is 29.3 Å². The third-order valence-corrected chi connectivity index (χ3v) is 2.24. The molecule has 0 heterocycles. The maximum Gasteiger partial charge on any atom is 0.327 e. The van der Waals surface area contributed by atoms with Crippen molar-refractivity contribution in [2.45, 2.75) is 12.5 Å². The first-order valence-corrected chi connectivity index (χ1v) is 5.40. The molecule has 0 saturated heterocycles. The highest BCUT2D eigenvalue weighted by molar-refractivity contribution is 6.30. The van der Waals surface area contributed by atoms with Gasteiger partial charge in [0.25, 0.3) is 0 Å². The summed E-state index contributed by atoms with van der Waals surface area (Å²) < 4.78 is 0. The minimum Gasteiger partial charge on any atom is -0.480 e. The molecule has 2 amide bonds. The number of halogens is 1. The Morgan fingerprint density at radius 3 is 2.78 bits per heavy atom. The minimum atomic E-state index is -1.19. The number of benzene rings is 1. The van der Waals surface area contributed by atoms with Crippen LogP contribution in [-0.4, -0.2) is 23.1 Å². The molecule has 0 spiro atoms. The fraction of sp³-hybridized carbons (Fsp3) is 0.167. The van der Waals surface area contributed by atoms with E-state index in [0.717, 1.165) is 0 Å². The van der Waals surface area contributed by atoms with Crippen LogP contribution in [0.5, 0.6) is 0 Å². The summed E-state index contributed by atoms with van der Waals surface area (Å²) in [6, 6.07) is 4.71. The van der Waals surface area contributed by atoms with E-state index in [4.69, 9.17) is 23.1 Å². The number of aliphatic carboxylic acids is 1. The molecule has 0 aromatic heterocycles. The van der Waals surface area contributed by atoms with E-state index >= 15 is 0 Å². The van der Waals surface area contributed by atoms with Crippen LogP contribution in [0.1, 0.15) is 6.42 Å². The molecule has 1 unspecified atom stereocenters. The van der Waals surface area contributed by atoms with Gasteiger partial charge in [-0.2, -0.15) is 0 Å². The Bertz CT molecular complexity index is 496. The number of carbonyl (C=O) groups is 2. The molecular formula is C12H11ClN2O3. The molecule has 0 fully saturated rings. The van der Waals surface area contributed by atoms with Crippen molar-refractivity contribution < 1.29 is 14.7 Å². The molecule has 3 N–H and O–H groups in total. The monoisotopic (exact) mass is 266 g/mol. The molecule has 5 nitrogen and oxygen atoms in total. The second-order valence-corrected chi connectivity index (χ2v) is 3.84. The highest BCUT2D eigenvalue weighted by atomic mass is 35.5. The predicted molar refractivity (Wildman–Crippen MR) is 68.5 cm³/mol. The number of carbonyl (C=O) groups excluding carboxylic acids is 1. The summed E-state index contributed by atoms with van der Waals surface area (Å²) >= 11 is 5.74. The second-order valence-electron chi connectivity index (χ2n) is 3.41. The molecule has 0 radical (unpaired) electrons. The topological polar surface area (TPSA) is 78.4 Å². The van der Waals surface area contributed by atoms with Crippen molar-refractivity contribution in [2.75, 3.05) is 5.32 Å². The molecule has 0 aliphatic heterocycles. The van der Waals surface area contributed by atoms with E-state index in [2.05, 4.69) is 16.6 Å². The Labute approximate surface area is 109 Å². The van der Waals surface area contributed by atoms with Gasteiger partial charge in [0, 0.05) is 17.1 Å². The van der Waals surface area contributed by atoms with Gasteiger partial charge in [-0.3, -0.25) is 0 Å². The average molecular weight is 267 g/mol. The number of anilines is 1. The molecule has 1 rings (SSSR count). The van der Waals surface area contributed by atoms with Crippen molar-refractivity contribution in [2.24, 2.45) is 0 Å². The molecule has 0 saturated carbocycles.